The first-order valence-electron chi connectivity index (χ1n) is 3.53. The fourth-order valence-electron chi connectivity index (χ4n) is 1.31. The van der Waals surface area contributed by atoms with Crippen LogP contribution in [0.25, 0.3) is 6.08 Å². The summed E-state index contributed by atoms with van der Waals surface area (Å²) in [5.74, 6) is 0. The van der Waals surface area contributed by atoms with Crippen LogP contribution in [0.5, 0.6) is 0 Å². The second kappa shape index (κ2) is 2.95. The van der Waals surface area contributed by atoms with E-state index in [2.05, 4.69) is 0 Å². The van der Waals surface area contributed by atoms with Crippen LogP contribution in [0.4, 0.5) is 0 Å². The van der Waals surface area contributed by atoms with Crippen molar-refractivity contribution in [2.45, 2.75) is 6.42 Å². The minimum Gasteiger partial charge on any atom is -0.0826 e. The van der Waals surface area contributed by atoms with Crippen LogP contribution in [0.1, 0.15) is 11.1 Å². The molecule has 0 spiro atoms. The molecule has 2 rings (SSSR count). The highest BCUT2D eigenvalue weighted by molar-refractivity contribution is 6.48. The maximum Gasteiger partial charge on any atom is 0.0781 e. The molecule has 0 fully saturated rings. The third kappa shape index (κ3) is 1.15. The van der Waals surface area contributed by atoms with E-state index in [-0.39, 0.29) is 0 Å². The second-order valence-corrected chi connectivity index (χ2v) is 3.82. The summed E-state index contributed by atoms with van der Waals surface area (Å²) < 4.78 is 0. The van der Waals surface area contributed by atoms with E-state index in [4.69, 9.17) is 34.8 Å². The Morgan fingerprint density at radius 3 is 2.58 bits per heavy atom. The molecule has 1 aromatic carbocycles. The molecule has 0 N–H and O–H groups in total. The van der Waals surface area contributed by atoms with Gasteiger partial charge in [0.2, 0.25) is 0 Å². The van der Waals surface area contributed by atoms with E-state index in [1.807, 2.05) is 18.2 Å². The van der Waals surface area contributed by atoms with Crippen molar-refractivity contribution >= 4 is 40.9 Å². The van der Waals surface area contributed by atoms with Crippen LogP contribution in [0.15, 0.2) is 12.1 Å². The molecule has 0 heterocycles. The van der Waals surface area contributed by atoms with E-state index in [1.165, 1.54) is 0 Å². The molecule has 0 radical (unpaired) electrons. The van der Waals surface area contributed by atoms with Gasteiger partial charge in [-0.1, -0.05) is 47.0 Å². The Balaban J connectivity index is 2.72. The number of rotatable bonds is 0. The summed E-state index contributed by atoms with van der Waals surface area (Å²) in [5.41, 5.74) is 2.15. The van der Waals surface area contributed by atoms with Gasteiger partial charge in [0.15, 0.2) is 0 Å². The average Bonchev–Trinajstić information content (AvgIpc) is 2.48. The van der Waals surface area contributed by atoms with Gasteiger partial charge in [-0.05, 0) is 23.6 Å². The van der Waals surface area contributed by atoms with Gasteiger partial charge in [-0.2, -0.15) is 0 Å². The van der Waals surface area contributed by atoms with Gasteiger partial charge in [0.1, 0.15) is 0 Å². The first-order valence-corrected chi connectivity index (χ1v) is 4.66. The minimum absolute atomic E-state index is 0.459. The molecule has 0 unspecified atom stereocenters. The smallest absolute Gasteiger partial charge is 0.0781 e. The number of halogens is 3. The van der Waals surface area contributed by atoms with E-state index in [0.29, 0.717) is 15.1 Å². The Morgan fingerprint density at radius 1 is 1.08 bits per heavy atom. The zero-order valence-corrected chi connectivity index (χ0v) is 8.34. The van der Waals surface area contributed by atoms with Crippen LogP contribution >= 0.6 is 34.8 Å². The van der Waals surface area contributed by atoms with Gasteiger partial charge < -0.3 is 0 Å². The predicted molar refractivity (Wildman–Crippen MR) is 54.2 cm³/mol. The van der Waals surface area contributed by atoms with E-state index >= 15 is 0 Å². The van der Waals surface area contributed by atoms with Crippen LogP contribution in [-0.4, -0.2) is 0 Å². The fraction of sp³-hybridized carbons (Fsp3) is 0.111. The lowest BCUT2D eigenvalue weighted by Gasteiger charge is -2.05. The maximum absolute atomic E-state index is 5.99. The number of allylic oxidation sites excluding steroid dienone is 1. The SMILES string of the molecule is Clc1cc2c(c(Cl)c1Cl)CC=C2. The molecule has 1 aromatic rings. The molecular formula is C9H5Cl3. The average molecular weight is 219 g/mol. The van der Waals surface area contributed by atoms with Crippen LogP contribution in [0.2, 0.25) is 15.1 Å². The minimum atomic E-state index is 0.459. The Kier molecular flexibility index (Phi) is 2.07. The Bertz CT molecular complexity index is 367. The van der Waals surface area contributed by atoms with Crippen molar-refractivity contribution in [3.05, 3.63) is 38.3 Å². The number of fused-ring (bicyclic) bond motifs is 1. The summed E-state index contributed by atoms with van der Waals surface area (Å²) in [6.07, 6.45) is 4.90. The highest BCUT2D eigenvalue weighted by Gasteiger charge is 2.14. The second-order valence-electron chi connectivity index (χ2n) is 2.66. The Morgan fingerprint density at radius 2 is 1.83 bits per heavy atom. The van der Waals surface area contributed by atoms with Gasteiger partial charge in [-0.3, -0.25) is 0 Å². The van der Waals surface area contributed by atoms with Gasteiger partial charge in [-0.15, -0.1) is 0 Å². The summed E-state index contributed by atoms with van der Waals surface area (Å²) in [6, 6.07) is 1.84. The normalized spacial score (nSPS) is 13.6. The monoisotopic (exact) mass is 218 g/mol. The summed E-state index contributed by atoms with van der Waals surface area (Å²) >= 11 is 17.7. The van der Waals surface area contributed by atoms with Crippen LogP contribution in [0.3, 0.4) is 0 Å². The van der Waals surface area contributed by atoms with Gasteiger partial charge in [0, 0.05) is 0 Å². The molecule has 0 amide bonds. The standard InChI is InChI=1S/C9H5Cl3/c10-7-4-5-2-1-3-6(5)8(11)9(7)12/h1-2,4H,3H2. The first kappa shape index (κ1) is 8.43. The van der Waals surface area contributed by atoms with Crippen molar-refractivity contribution in [2.24, 2.45) is 0 Å². The highest BCUT2D eigenvalue weighted by atomic mass is 35.5. The molecule has 0 aromatic heterocycles. The van der Waals surface area contributed by atoms with Gasteiger partial charge in [0.05, 0.1) is 15.1 Å². The lowest BCUT2D eigenvalue weighted by atomic mass is 10.1. The summed E-state index contributed by atoms with van der Waals surface area (Å²) in [4.78, 5) is 0. The van der Waals surface area contributed by atoms with Crippen LogP contribution in [0, 0.1) is 0 Å². The van der Waals surface area contributed by atoms with Crippen molar-refractivity contribution in [1.82, 2.24) is 0 Å². The topological polar surface area (TPSA) is 0 Å². The van der Waals surface area contributed by atoms with Crippen LogP contribution < -0.4 is 0 Å². The van der Waals surface area contributed by atoms with Gasteiger partial charge in [-0.25, -0.2) is 0 Å². The quantitative estimate of drug-likeness (QED) is 0.573. The Labute approximate surface area is 85.7 Å². The van der Waals surface area contributed by atoms with E-state index in [9.17, 15) is 0 Å². The number of hydrogen-bond donors (Lipinski definition) is 0. The zero-order chi connectivity index (χ0) is 8.72. The predicted octanol–water partition coefficient (Wildman–Crippen LogP) is 4.22. The zero-order valence-electron chi connectivity index (χ0n) is 6.07. The highest BCUT2D eigenvalue weighted by Crippen LogP contribution is 2.38. The summed E-state index contributed by atoms with van der Waals surface area (Å²) in [5, 5.41) is 1.57. The van der Waals surface area contributed by atoms with Crippen molar-refractivity contribution in [2.75, 3.05) is 0 Å². The molecule has 0 saturated carbocycles. The molecule has 0 saturated heterocycles. The van der Waals surface area contributed by atoms with Crippen molar-refractivity contribution in [3.8, 4) is 0 Å². The van der Waals surface area contributed by atoms with Crippen molar-refractivity contribution in [3.63, 3.8) is 0 Å². The van der Waals surface area contributed by atoms with Crippen LogP contribution in [-0.2, 0) is 6.42 Å². The Hall–Kier alpha value is -0.170. The molecule has 12 heavy (non-hydrogen) atoms. The van der Waals surface area contributed by atoms with E-state index in [0.717, 1.165) is 17.5 Å². The molecule has 3 heteroatoms. The van der Waals surface area contributed by atoms with Crippen molar-refractivity contribution < 1.29 is 0 Å². The maximum atomic E-state index is 5.99. The molecule has 1 aliphatic carbocycles. The van der Waals surface area contributed by atoms with Gasteiger partial charge >= 0.3 is 0 Å². The number of benzene rings is 1. The fourth-order valence-corrected chi connectivity index (χ4v) is 2.03. The molecular weight excluding hydrogens is 214 g/mol. The summed E-state index contributed by atoms with van der Waals surface area (Å²) in [7, 11) is 0. The molecule has 62 valence electrons. The molecule has 0 atom stereocenters. The molecule has 0 aliphatic heterocycles. The van der Waals surface area contributed by atoms with E-state index < -0.39 is 0 Å². The van der Waals surface area contributed by atoms with E-state index in [1.54, 1.807) is 0 Å². The first-order chi connectivity index (χ1) is 5.70. The lowest BCUT2D eigenvalue weighted by molar-refractivity contribution is 1.31. The number of hydrogen-bond acceptors (Lipinski definition) is 0. The molecule has 0 nitrogen and oxygen atoms in total. The third-order valence-electron chi connectivity index (χ3n) is 1.92. The largest absolute Gasteiger partial charge is 0.0826 e. The van der Waals surface area contributed by atoms with Crippen molar-refractivity contribution in [1.29, 1.82) is 0 Å². The summed E-state index contributed by atoms with van der Waals surface area (Å²) in [6.45, 7) is 0. The molecule has 1 aliphatic rings. The molecule has 0 bridgehead atoms. The van der Waals surface area contributed by atoms with Gasteiger partial charge in [0.25, 0.3) is 0 Å². The lowest BCUT2D eigenvalue weighted by Crippen LogP contribution is -1.85. The third-order valence-corrected chi connectivity index (χ3v) is 3.22.